The Morgan fingerprint density at radius 1 is 1.50 bits per heavy atom. The Bertz CT molecular complexity index is 288. The van der Waals surface area contributed by atoms with Crippen molar-refractivity contribution in [1.82, 2.24) is 0 Å². The summed E-state index contributed by atoms with van der Waals surface area (Å²) in [4.78, 5) is 12.0. The number of thioether (sulfide) groups is 1. The minimum Gasteiger partial charge on any atom is -0.380 e. The molecule has 1 rings (SSSR count). The Hall–Kier alpha value is -0.480. The average Bonchev–Trinajstić information content (AvgIpc) is 2.16. The first-order chi connectivity index (χ1) is 5.79. The largest absolute Gasteiger partial charge is 0.380 e. The van der Waals surface area contributed by atoms with Crippen LogP contribution in [-0.4, -0.2) is 12.2 Å². The first-order valence-electron chi connectivity index (χ1n) is 3.25. The standard InChI is InChI=1S/C8H7BrO2S/c1-12-7-5-3-2-4-6(7)8(10)11-9/h2-5H,1H3. The van der Waals surface area contributed by atoms with Gasteiger partial charge in [0.2, 0.25) is 0 Å². The molecule has 4 heteroatoms. The highest BCUT2D eigenvalue weighted by molar-refractivity contribution is 9.06. The molecule has 0 atom stereocenters. The molecule has 0 saturated heterocycles. The van der Waals surface area contributed by atoms with Gasteiger partial charge in [0.15, 0.2) is 16.3 Å². The van der Waals surface area contributed by atoms with Gasteiger partial charge in [-0.2, -0.15) is 0 Å². The molecular formula is C8H7BrO2S. The van der Waals surface area contributed by atoms with Crippen LogP contribution in [0.2, 0.25) is 0 Å². The van der Waals surface area contributed by atoms with E-state index in [0.29, 0.717) is 5.56 Å². The normalized spacial score (nSPS) is 9.50. The maximum atomic E-state index is 11.1. The Morgan fingerprint density at radius 2 is 2.17 bits per heavy atom. The van der Waals surface area contributed by atoms with Gasteiger partial charge in [-0.1, -0.05) is 12.1 Å². The first kappa shape index (κ1) is 9.61. The lowest BCUT2D eigenvalue weighted by Crippen LogP contribution is -1.99. The zero-order valence-corrected chi connectivity index (χ0v) is 8.81. The minimum atomic E-state index is -0.361. The third-order valence-corrected chi connectivity index (χ3v) is 2.49. The van der Waals surface area contributed by atoms with Gasteiger partial charge >= 0.3 is 5.97 Å². The van der Waals surface area contributed by atoms with E-state index in [1.165, 1.54) is 11.8 Å². The lowest BCUT2D eigenvalue weighted by atomic mass is 10.2. The molecule has 64 valence electrons. The zero-order valence-electron chi connectivity index (χ0n) is 6.41. The highest BCUT2D eigenvalue weighted by Gasteiger charge is 2.09. The van der Waals surface area contributed by atoms with Crippen LogP contribution in [0, 0.1) is 0 Å². The second kappa shape index (κ2) is 4.52. The van der Waals surface area contributed by atoms with Gasteiger partial charge in [0.1, 0.15) is 0 Å². The van der Waals surface area contributed by atoms with Gasteiger partial charge in [-0.3, -0.25) is 0 Å². The van der Waals surface area contributed by atoms with Crippen molar-refractivity contribution < 1.29 is 8.62 Å². The molecule has 0 saturated carbocycles. The topological polar surface area (TPSA) is 26.3 Å². The van der Waals surface area contributed by atoms with Gasteiger partial charge in [0.05, 0.1) is 5.56 Å². The predicted molar refractivity (Wildman–Crippen MR) is 52.6 cm³/mol. The molecule has 0 aliphatic rings. The minimum absolute atomic E-state index is 0.361. The Morgan fingerprint density at radius 3 is 2.75 bits per heavy atom. The molecule has 0 amide bonds. The number of hydrogen-bond donors (Lipinski definition) is 0. The van der Waals surface area contributed by atoms with E-state index in [1.54, 1.807) is 12.1 Å². The van der Waals surface area contributed by atoms with Crippen LogP contribution in [0.1, 0.15) is 10.4 Å². The van der Waals surface area contributed by atoms with E-state index in [1.807, 2.05) is 18.4 Å². The summed E-state index contributed by atoms with van der Waals surface area (Å²) in [6.07, 6.45) is 1.92. The van der Waals surface area contributed by atoms with Crippen LogP contribution in [0.3, 0.4) is 0 Å². The summed E-state index contributed by atoms with van der Waals surface area (Å²) in [5.41, 5.74) is 0.585. The number of halogens is 1. The van der Waals surface area contributed by atoms with Crippen molar-refractivity contribution >= 4 is 34.0 Å². The molecule has 0 bridgehead atoms. The van der Waals surface area contributed by atoms with E-state index < -0.39 is 0 Å². The fourth-order valence-electron chi connectivity index (χ4n) is 0.855. The summed E-state index contributed by atoms with van der Waals surface area (Å²) in [7, 11) is 0. The van der Waals surface area contributed by atoms with Crippen LogP contribution in [0.5, 0.6) is 0 Å². The molecule has 0 unspecified atom stereocenters. The summed E-state index contributed by atoms with van der Waals surface area (Å²) in [6.45, 7) is 0. The summed E-state index contributed by atoms with van der Waals surface area (Å²) in [5.74, 6) is -0.361. The summed E-state index contributed by atoms with van der Waals surface area (Å²) in [5, 5.41) is 0. The molecule has 1 aromatic carbocycles. The molecular weight excluding hydrogens is 240 g/mol. The number of benzene rings is 1. The zero-order chi connectivity index (χ0) is 8.97. The average molecular weight is 247 g/mol. The van der Waals surface area contributed by atoms with E-state index >= 15 is 0 Å². The first-order valence-corrected chi connectivity index (χ1v) is 5.12. The molecule has 1 aromatic rings. The monoisotopic (exact) mass is 246 g/mol. The molecule has 12 heavy (non-hydrogen) atoms. The lowest BCUT2D eigenvalue weighted by Gasteiger charge is -2.01. The maximum Gasteiger partial charge on any atom is 0.350 e. The third kappa shape index (κ3) is 2.01. The van der Waals surface area contributed by atoms with E-state index in [9.17, 15) is 4.79 Å². The Kier molecular flexibility index (Phi) is 3.62. The quantitative estimate of drug-likeness (QED) is 0.751. The molecule has 0 spiro atoms. The third-order valence-electron chi connectivity index (χ3n) is 1.40. The highest BCUT2D eigenvalue weighted by atomic mass is 79.9. The molecule has 0 fully saturated rings. The van der Waals surface area contributed by atoms with Gasteiger partial charge in [0.25, 0.3) is 0 Å². The number of carbonyl (C=O) groups excluding carboxylic acids is 1. The van der Waals surface area contributed by atoms with Crippen LogP contribution in [0.25, 0.3) is 0 Å². The van der Waals surface area contributed by atoms with Crippen molar-refractivity contribution in [3.8, 4) is 0 Å². The Labute approximate surface area is 83.8 Å². The molecule has 0 radical (unpaired) electrons. The van der Waals surface area contributed by atoms with Crippen molar-refractivity contribution in [3.63, 3.8) is 0 Å². The number of carbonyl (C=O) groups is 1. The lowest BCUT2D eigenvalue weighted by molar-refractivity contribution is 0.0778. The van der Waals surface area contributed by atoms with Crippen LogP contribution in [0.15, 0.2) is 29.2 Å². The van der Waals surface area contributed by atoms with Gasteiger partial charge in [-0.25, -0.2) is 4.79 Å². The second-order valence-corrected chi connectivity index (χ2v) is 3.24. The number of rotatable bonds is 2. The van der Waals surface area contributed by atoms with Crippen LogP contribution in [0.4, 0.5) is 0 Å². The summed E-state index contributed by atoms with van der Waals surface area (Å²) in [6, 6.07) is 7.30. The van der Waals surface area contributed by atoms with Crippen LogP contribution < -0.4 is 0 Å². The van der Waals surface area contributed by atoms with E-state index in [0.717, 1.165) is 4.90 Å². The molecule has 0 N–H and O–H groups in total. The van der Waals surface area contributed by atoms with Crippen molar-refractivity contribution in [2.75, 3.05) is 6.26 Å². The van der Waals surface area contributed by atoms with Crippen molar-refractivity contribution in [3.05, 3.63) is 29.8 Å². The van der Waals surface area contributed by atoms with E-state index in [-0.39, 0.29) is 5.97 Å². The smallest absolute Gasteiger partial charge is 0.350 e. The van der Waals surface area contributed by atoms with Crippen molar-refractivity contribution in [1.29, 1.82) is 0 Å². The molecule has 0 heterocycles. The molecule has 0 aliphatic carbocycles. The van der Waals surface area contributed by atoms with E-state index in [2.05, 4.69) is 20.1 Å². The molecule has 0 aliphatic heterocycles. The SMILES string of the molecule is CSc1ccccc1C(=O)OBr. The predicted octanol–water partition coefficient (Wildman–Crippen LogP) is 2.88. The number of hydrogen-bond acceptors (Lipinski definition) is 3. The van der Waals surface area contributed by atoms with Gasteiger partial charge < -0.3 is 3.83 Å². The molecule has 0 aromatic heterocycles. The fraction of sp³-hybridized carbons (Fsp3) is 0.125. The van der Waals surface area contributed by atoms with Crippen molar-refractivity contribution in [2.24, 2.45) is 0 Å². The Balaban J connectivity index is 3.04. The summed E-state index contributed by atoms with van der Waals surface area (Å²) < 4.78 is 4.44. The maximum absolute atomic E-state index is 11.1. The summed E-state index contributed by atoms with van der Waals surface area (Å²) >= 11 is 4.17. The second-order valence-electron chi connectivity index (χ2n) is 2.06. The van der Waals surface area contributed by atoms with Crippen LogP contribution in [-0.2, 0) is 3.83 Å². The van der Waals surface area contributed by atoms with Gasteiger partial charge in [-0.05, 0) is 18.4 Å². The van der Waals surface area contributed by atoms with Crippen molar-refractivity contribution in [2.45, 2.75) is 4.90 Å². The van der Waals surface area contributed by atoms with Gasteiger partial charge in [-0.15, -0.1) is 11.8 Å². The van der Waals surface area contributed by atoms with Crippen LogP contribution >= 0.6 is 28.0 Å². The fourth-order valence-corrected chi connectivity index (χ4v) is 1.62. The molecule has 2 nitrogen and oxygen atoms in total. The van der Waals surface area contributed by atoms with E-state index in [4.69, 9.17) is 0 Å². The van der Waals surface area contributed by atoms with Gasteiger partial charge in [0, 0.05) is 4.90 Å². The highest BCUT2D eigenvalue weighted by Crippen LogP contribution is 2.20.